The van der Waals surface area contributed by atoms with Crippen molar-refractivity contribution in [1.29, 1.82) is 0 Å². The monoisotopic (exact) mass is 280 g/mol. The normalized spacial score (nSPS) is 11.6. The van der Waals surface area contributed by atoms with E-state index in [9.17, 15) is 4.79 Å². The van der Waals surface area contributed by atoms with Crippen molar-refractivity contribution in [3.63, 3.8) is 0 Å². The highest BCUT2D eigenvalue weighted by atomic mass is 16.5. The van der Waals surface area contributed by atoms with Crippen LogP contribution in [-0.4, -0.2) is 64.1 Å². The number of pyridine rings is 1. The second-order valence-corrected chi connectivity index (χ2v) is 4.49. The van der Waals surface area contributed by atoms with Crippen molar-refractivity contribution in [2.45, 2.75) is 6.54 Å². The van der Waals surface area contributed by atoms with E-state index in [1.807, 2.05) is 11.0 Å². The van der Waals surface area contributed by atoms with Crippen LogP contribution in [0.25, 0.3) is 5.65 Å². The van der Waals surface area contributed by atoms with Crippen molar-refractivity contribution in [3.05, 3.63) is 34.9 Å². The highest BCUT2D eigenvalue weighted by molar-refractivity contribution is 5.35. The van der Waals surface area contributed by atoms with Gasteiger partial charge in [-0.3, -0.25) is 9.30 Å². The first-order chi connectivity index (χ1) is 9.76. The molecule has 0 saturated carbocycles. The van der Waals surface area contributed by atoms with Gasteiger partial charge in [-0.25, -0.2) is 9.48 Å². The molecule has 0 amide bonds. The van der Waals surface area contributed by atoms with Crippen molar-refractivity contribution in [2.75, 3.05) is 40.0 Å². The van der Waals surface area contributed by atoms with Gasteiger partial charge in [0.2, 0.25) is 0 Å². The third kappa shape index (κ3) is 3.44. The van der Waals surface area contributed by atoms with Crippen LogP contribution in [-0.2, 0) is 11.3 Å². The molecule has 1 N–H and O–H groups in total. The fourth-order valence-electron chi connectivity index (χ4n) is 2.05. The second-order valence-electron chi connectivity index (χ2n) is 4.49. The van der Waals surface area contributed by atoms with Gasteiger partial charge in [-0.1, -0.05) is 6.07 Å². The molecule has 7 nitrogen and oxygen atoms in total. The van der Waals surface area contributed by atoms with Crippen LogP contribution in [0, 0.1) is 0 Å². The van der Waals surface area contributed by atoms with Crippen LogP contribution in [0.5, 0.6) is 0 Å². The Labute approximate surface area is 117 Å². The van der Waals surface area contributed by atoms with Crippen molar-refractivity contribution < 1.29 is 9.84 Å². The number of hydrogen-bond donors (Lipinski definition) is 1. The molecule has 0 unspecified atom stereocenters. The first-order valence-electron chi connectivity index (χ1n) is 6.62. The lowest BCUT2D eigenvalue weighted by molar-refractivity contribution is 0.127. The lowest BCUT2D eigenvalue weighted by Crippen LogP contribution is -2.35. The molecule has 0 aliphatic rings. The smallest absolute Gasteiger partial charge is 0.350 e. The van der Waals surface area contributed by atoms with E-state index in [2.05, 4.69) is 5.10 Å². The van der Waals surface area contributed by atoms with E-state index in [1.54, 1.807) is 25.4 Å². The van der Waals surface area contributed by atoms with Crippen molar-refractivity contribution in [3.8, 4) is 0 Å². The molecule has 0 bridgehead atoms. The minimum atomic E-state index is -0.142. The Morgan fingerprint density at radius 3 is 2.90 bits per heavy atom. The molecular formula is C13H20N4O3. The minimum absolute atomic E-state index is 0.0871. The van der Waals surface area contributed by atoms with E-state index in [4.69, 9.17) is 9.84 Å². The summed E-state index contributed by atoms with van der Waals surface area (Å²) in [5.74, 6) is 0. The van der Waals surface area contributed by atoms with Gasteiger partial charge in [0.25, 0.3) is 0 Å². The summed E-state index contributed by atoms with van der Waals surface area (Å²) in [6.07, 6.45) is 1.71. The number of fused-ring (bicyclic) bond motifs is 1. The molecule has 2 rings (SSSR count). The molecule has 2 heterocycles. The number of aliphatic hydroxyl groups is 1. The van der Waals surface area contributed by atoms with Gasteiger partial charge in [-0.15, -0.1) is 5.10 Å². The molecular weight excluding hydrogens is 260 g/mol. The zero-order chi connectivity index (χ0) is 14.4. The Kier molecular flexibility index (Phi) is 5.28. The summed E-state index contributed by atoms with van der Waals surface area (Å²) in [7, 11) is 1.64. The Bertz CT molecular complexity index is 593. The fourth-order valence-corrected chi connectivity index (χ4v) is 2.05. The first kappa shape index (κ1) is 14.7. The maximum Gasteiger partial charge on any atom is 0.350 e. The highest BCUT2D eigenvalue weighted by Gasteiger charge is 2.08. The second kappa shape index (κ2) is 7.18. The van der Waals surface area contributed by atoms with Crippen LogP contribution < -0.4 is 5.69 Å². The average molecular weight is 280 g/mol. The van der Waals surface area contributed by atoms with Gasteiger partial charge in [0.1, 0.15) is 0 Å². The number of rotatable bonds is 8. The predicted octanol–water partition coefficient (Wildman–Crippen LogP) is -0.563. The summed E-state index contributed by atoms with van der Waals surface area (Å²) < 4.78 is 8.00. The van der Waals surface area contributed by atoms with Crippen LogP contribution in [0.3, 0.4) is 0 Å². The van der Waals surface area contributed by atoms with Gasteiger partial charge in [0, 0.05) is 32.9 Å². The summed E-state index contributed by atoms with van der Waals surface area (Å²) >= 11 is 0. The van der Waals surface area contributed by atoms with Crippen molar-refractivity contribution in [1.82, 2.24) is 19.1 Å². The van der Waals surface area contributed by atoms with Gasteiger partial charge in [-0.2, -0.15) is 0 Å². The van der Waals surface area contributed by atoms with E-state index in [1.165, 1.54) is 9.08 Å². The van der Waals surface area contributed by atoms with Gasteiger partial charge in [-0.05, 0) is 12.1 Å². The van der Waals surface area contributed by atoms with Gasteiger partial charge in [0.05, 0.1) is 19.8 Å². The number of hydrogen-bond acceptors (Lipinski definition) is 5. The Balaban J connectivity index is 2.03. The quantitative estimate of drug-likeness (QED) is 0.701. The van der Waals surface area contributed by atoms with E-state index >= 15 is 0 Å². The van der Waals surface area contributed by atoms with Crippen molar-refractivity contribution in [2.24, 2.45) is 0 Å². The topological polar surface area (TPSA) is 72.0 Å². The van der Waals surface area contributed by atoms with Crippen LogP contribution in [0.4, 0.5) is 0 Å². The van der Waals surface area contributed by atoms with Gasteiger partial charge >= 0.3 is 5.69 Å². The number of aliphatic hydroxyl groups excluding tert-OH is 1. The third-order valence-electron chi connectivity index (χ3n) is 3.14. The standard InChI is InChI=1S/C13H20N4O3/c1-20-11-9-15(8-10-18)6-7-17-13(19)16-5-3-2-4-12(16)14-17/h2-5,18H,6-11H2,1H3. The van der Waals surface area contributed by atoms with Gasteiger partial charge < -0.3 is 9.84 Å². The molecule has 0 atom stereocenters. The maximum absolute atomic E-state index is 12.1. The van der Waals surface area contributed by atoms with E-state index < -0.39 is 0 Å². The highest BCUT2D eigenvalue weighted by Crippen LogP contribution is 1.96. The first-order valence-corrected chi connectivity index (χ1v) is 6.62. The third-order valence-corrected chi connectivity index (χ3v) is 3.14. The molecule has 0 radical (unpaired) electrons. The number of ether oxygens (including phenoxy) is 1. The van der Waals surface area contributed by atoms with E-state index in [0.29, 0.717) is 31.9 Å². The van der Waals surface area contributed by atoms with Crippen LogP contribution >= 0.6 is 0 Å². The molecule has 2 aromatic heterocycles. The largest absolute Gasteiger partial charge is 0.395 e. The molecule has 0 aliphatic carbocycles. The fraction of sp³-hybridized carbons (Fsp3) is 0.538. The van der Waals surface area contributed by atoms with E-state index in [0.717, 1.165) is 6.54 Å². The van der Waals surface area contributed by atoms with Crippen LogP contribution in [0.15, 0.2) is 29.2 Å². The predicted molar refractivity (Wildman–Crippen MR) is 74.9 cm³/mol. The van der Waals surface area contributed by atoms with Gasteiger partial charge in [0.15, 0.2) is 5.65 Å². The molecule has 0 aromatic carbocycles. The molecule has 0 fully saturated rings. The zero-order valence-corrected chi connectivity index (χ0v) is 11.6. The molecule has 7 heteroatoms. The van der Waals surface area contributed by atoms with Crippen molar-refractivity contribution >= 4 is 5.65 Å². The molecule has 0 aliphatic heterocycles. The maximum atomic E-state index is 12.1. The summed E-state index contributed by atoms with van der Waals surface area (Å²) in [5.41, 5.74) is 0.499. The summed E-state index contributed by atoms with van der Waals surface area (Å²) in [6.45, 7) is 3.10. The Morgan fingerprint density at radius 1 is 1.35 bits per heavy atom. The molecule has 20 heavy (non-hydrogen) atoms. The SMILES string of the molecule is COCCN(CCO)CCn1nc2ccccn2c1=O. The molecule has 110 valence electrons. The Hall–Kier alpha value is -1.70. The number of aromatic nitrogens is 3. The lowest BCUT2D eigenvalue weighted by Gasteiger charge is -2.20. The van der Waals surface area contributed by atoms with Crippen LogP contribution in [0.1, 0.15) is 0 Å². The van der Waals surface area contributed by atoms with Crippen LogP contribution in [0.2, 0.25) is 0 Å². The summed E-state index contributed by atoms with van der Waals surface area (Å²) in [4.78, 5) is 14.1. The summed E-state index contributed by atoms with van der Waals surface area (Å²) in [6, 6.07) is 5.45. The average Bonchev–Trinajstić information content (AvgIpc) is 2.79. The number of nitrogens with zero attached hydrogens (tertiary/aromatic N) is 4. The number of methoxy groups -OCH3 is 1. The lowest BCUT2D eigenvalue weighted by atomic mass is 10.4. The molecule has 0 spiro atoms. The van der Waals surface area contributed by atoms with E-state index in [-0.39, 0.29) is 12.3 Å². The zero-order valence-electron chi connectivity index (χ0n) is 11.6. The molecule has 0 saturated heterocycles. The minimum Gasteiger partial charge on any atom is -0.395 e. The molecule has 2 aromatic rings. The summed E-state index contributed by atoms with van der Waals surface area (Å²) in [5, 5.41) is 13.3. The Morgan fingerprint density at radius 2 is 2.20 bits per heavy atom.